The highest BCUT2D eigenvalue weighted by Gasteiger charge is 2.31. The van der Waals surface area contributed by atoms with Gasteiger partial charge >= 0.3 is 0 Å². The predicted molar refractivity (Wildman–Crippen MR) is 97.4 cm³/mol. The quantitative estimate of drug-likeness (QED) is 0.710. The van der Waals surface area contributed by atoms with Gasteiger partial charge in [-0.05, 0) is 50.7 Å². The number of carbonyl (C=O) groups excluding carboxylic acids is 1. The molecule has 1 unspecified atom stereocenters. The molecule has 2 fully saturated rings. The van der Waals surface area contributed by atoms with E-state index in [-0.39, 0.29) is 18.6 Å². The van der Waals surface area contributed by atoms with Gasteiger partial charge in [-0.3, -0.25) is 9.78 Å². The van der Waals surface area contributed by atoms with Gasteiger partial charge in [-0.2, -0.15) is 0 Å². The van der Waals surface area contributed by atoms with Gasteiger partial charge in [0.1, 0.15) is 12.4 Å². The molecule has 7 heteroatoms. The van der Waals surface area contributed by atoms with E-state index in [1.807, 2.05) is 24.0 Å². The average Bonchev–Trinajstić information content (AvgIpc) is 3.14. The molecule has 4 rings (SSSR count). The molecular weight excluding hydrogens is 346 g/mol. The Labute approximate surface area is 158 Å². The van der Waals surface area contributed by atoms with E-state index in [1.165, 1.54) is 12.8 Å². The molecule has 0 N–H and O–H groups in total. The van der Waals surface area contributed by atoms with Gasteiger partial charge in [0.2, 0.25) is 0 Å². The van der Waals surface area contributed by atoms with Crippen molar-refractivity contribution in [3.05, 3.63) is 41.5 Å². The molecule has 1 amide bonds. The Kier molecular flexibility index (Phi) is 5.38. The van der Waals surface area contributed by atoms with E-state index in [0.717, 1.165) is 31.7 Å². The normalized spacial score (nSPS) is 19.2. The number of hydrogen-bond donors (Lipinski definition) is 0. The van der Waals surface area contributed by atoms with E-state index in [0.29, 0.717) is 29.7 Å². The summed E-state index contributed by atoms with van der Waals surface area (Å²) in [4.78, 5) is 19.0. The molecule has 0 radical (unpaired) electrons. The van der Waals surface area contributed by atoms with Gasteiger partial charge in [-0.1, -0.05) is 5.16 Å². The van der Waals surface area contributed by atoms with Crippen LogP contribution < -0.4 is 4.74 Å². The van der Waals surface area contributed by atoms with E-state index < -0.39 is 0 Å². The number of rotatable bonds is 8. The Hall–Kier alpha value is -2.41. The monoisotopic (exact) mass is 371 g/mol. The fraction of sp³-hybridized carbons (Fsp3) is 0.550. The lowest BCUT2D eigenvalue weighted by Crippen LogP contribution is -2.39. The zero-order valence-electron chi connectivity index (χ0n) is 15.6. The van der Waals surface area contributed by atoms with Crippen molar-refractivity contribution in [1.82, 2.24) is 15.0 Å². The van der Waals surface area contributed by atoms with Crippen molar-refractivity contribution in [2.24, 2.45) is 5.92 Å². The van der Waals surface area contributed by atoms with Crippen molar-refractivity contribution in [2.45, 2.75) is 45.3 Å². The maximum absolute atomic E-state index is 12.9. The van der Waals surface area contributed by atoms with Crippen LogP contribution in [0.25, 0.3) is 0 Å². The fourth-order valence-electron chi connectivity index (χ4n) is 3.22. The highest BCUT2D eigenvalue weighted by atomic mass is 16.5. The van der Waals surface area contributed by atoms with E-state index in [9.17, 15) is 4.79 Å². The summed E-state index contributed by atoms with van der Waals surface area (Å²) < 4.78 is 16.6. The topological polar surface area (TPSA) is 77.7 Å². The molecule has 3 heterocycles. The number of hydrogen-bond acceptors (Lipinski definition) is 6. The molecular formula is C20H25N3O4. The van der Waals surface area contributed by atoms with Crippen molar-refractivity contribution in [3.63, 3.8) is 0 Å². The smallest absolute Gasteiger partial charge is 0.276 e. The minimum atomic E-state index is -0.0931. The summed E-state index contributed by atoms with van der Waals surface area (Å²) in [6.45, 7) is 4.31. The molecule has 2 aliphatic rings. The molecule has 0 bridgehead atoms. The number of amides is 1. The highest BCUT2D eigenvalue weighted by Crippen LogP contribution is 2.30. The van der Waals surface area contributed by atoms with Crippen LogP contribution in [0.2, 0.25) is 0 Å². The maximum atomic E-state index is 12.9. The van der Waals surface area contributed by atoms with Crippen molar-refractivity contribution < 1.29 is 18.8 Å². The van der Waals surface area contributed by atoms with Crippen LogP contribution in [0.3, 0.4) is 0 Å². The van der Waals surface area contributed by atoms with Gasteiger partial charge in [0.25, 0.3) is 5.91 Å². The number of nitrogens with zero attached hydrogens (tertiary/aromatic N) is 3. The van der Waals surface area contributed by atoms with Crippen molar-refractivity contribution in [3.8, 4) is 5.75 Å². The third kappa shape index (κ3) is 4.86. The van der Waals surface area contributed by atoms with Crippen molar-refractivity contribution >= 4 is 5.91 Å². The molecule has 1 saturated carbocycles. The summed E-state index contributed by atoms with van der Waals surface area (Å²) in [6.07, 6.45) is 6.26. The van der Waals surface area contributed by atoms with Gasteiger partial charge < -0.3 is 18.9 Å². The maximum Gasteiger partial charge on any atom is 0.276 e. The lowest BCUT2D eigenvalue weighted by molar-refractivity contribution is 0.0507. The second-order valence-electron chi connectivity index (χ2n) is 7.39. The van der Waals surface area contributed by atoms with Crippen LogP contribution in [-0.2, 0) is 11.3 Å². The first-order valence-corrected chi connectivity index (χ1v) is 9.59. The molecule has 0 spiro atoms. The Morgan fingerprint density at radius 2 is 2.19 bits per heavy atom. The van der Waals surface area contributed by atoms with Crippen LogP contribution in [0.5, 0.6) is 5.75 Å². The van der Waals surface area contributed by atoms with Gasteiger partial charge in [0.15, 0.2) is 11.5 Å². The van der Waals surface area contributed by atoms with Crippen LogP contribution in [0.15, 0.2) is 28.9 Å². The van der Waals surface area contributed by atoms with Crippen LogP contribution in [0.1, 0.15) is 47.6 Å². The minimum Gasteiger partial charge on any atom is -0.484 e. The largest absolute Gasteiger partial charge is 0.484 e. The van der Waals surface area contributed by atoms with Crippen molar-refractivity contribution in [2.75, 3.05) is 19.7 Å². The third-order valence-corrected chi connectivity index (χ3v) is 4.95. The van der Waals surface area contributed by atoms with Gasteiger partial charge in [0.05, 0.1) is 12.3 Å². The molecule has 2 aromatic rings. The van der Waals surface area contributed by atoms with Crippen LogP contribution >= 0.6 is 0 Å². The lowest BCUT2D eigenvalue weighted by Gasteiger charge is -2.24. The van der Waals surface area contributed by atoms with Gasteiger partial charge in [-0.15, -0.1) is 0 Å². The second-order valence-corrected chi connectivity index (χ2v) is 7.39. The molecule has 27 heavy (non-hydrogen) atoms. The van der Waals surface area contributed by atoms with E-state index in [4.69, 9.17) is 14.0 Å². The highest BCUT2D eigenvalue weighted by molar-refractivity contribution is 5.92. The summed E-state index contributed by atoms with van der Waals surface area (Å²) in [5, 5.41) is 3.96. The molecule has 7 nitrogen and oxygen atoms in total. The summed E-state index contributed by atoms with van der Waals surface area (Å²) >= 11 is 0. The SMILES string of the molecule is Cc1ccc(OCc2cc(C(=O)N(CC3CC3)CC3CCCO3)no2)cn1. The van der Waals surface area contributed by atoms with E-state index >= 15 is 0 Å². The summed E-state index contributed by atoms with van der Waals surface area (Å²) in [5.41, 5.74) is 1.26. The molecule has 1 saturated heterocycles. The Bertz CT molecular complexity index is 764. The molecule has 1 aliphatic heterocycles. The molecule has 0 aromatic carbocycles. The molecule has 1 aliphatic carbocycles. The lowest BCUT2D eigenvalue weighted by atomic mass is 10.2. The zero-order chi connectivity index (χ0) is 18.6. The molecule has 144 valence electrons. The Balaban J connectivity index is 1.37. The number of ether oxygens (including phenoxy) is 2. The standard InChI is InChI=1S/C20H25N3O4/c1-14-4-7-16(10-21-14)26-13-18-9-19(22-27-18)20(24)23(11-15-5-6-15)12-17-3-2-8-25-17/h4,7,9-10,15,17H,2-3,5-6,8,11-13H2,1H3. The first-order valence-electron chi connectivity index (χ1n) is 9.59. The summed E-state index contributed by atoms with van der Waals surface area (Å²) in [5.74, 6) is 1.68. The fourth-order valence-corrected chi connectivity index (χ4v) is 3.22. The minimum absolute atomic E-state index is 0.0931. The third-order valence-electron chi connectivity index (χ3n) is 4.95. The molecule has 2 aromatic heterocycles. The number of aromatic nitrogens is 2. The molecule has 1 atom stereocenters. The van der Waals surface area contributed by atoms with Crippen molar-refractivity contribution in [1.29, 1.82) is 0 Å². The second kappa shape index (κ2) is 8.08. The first kappa shape index (κ1) is 18.0. The number of pyridine rings is 1. The van der Waals surface area contributed by atoms with Crippen LogP contribution in [0, 0.1) is 12.8 Å². The van der Waals surface area contributed by atoms with Gasteiger partial charge in [0, 0.05) is 31.5 Å². The number of aryl methyl sites for hydroxylation is 1. The first-order chi connectivity index (χ1) is 13.2. The van der Waals surface area contributed by atoms with Crippen LogP contribution in [0.4, 0.5) is 0 Å². The zero-order valence-corrected chi connectivity index (χ0v) is 15.6. The van der Waals surface area contributed by atoms with E-state index in [1.54, 1.807) is 12.3 Å². The Morgan fingerprint density at radius 1 is 1.30 bits per heavy atom. The predicted octanol–water partition coefficient (Wildman–Crippen LogP) is 2.99. The average molecular weight is 371 g/mol. The van der Waals surface area contributed by atoms with E-state index in [2.05, 4.69) is 10.1 Å². The van der Waals surface area contributed by atoms with Crippen LogP contribution in [-0.4, -0.2) is 46.7 Å². The summed E-state index contributed by atoms with van der Waals surface area (Å²) in [6, 6.07) is 5.40. The Morgan fingerprint density at radius 3 is 2.89 bits per heavy atom. The number of carbonyl (C=O) groups is 1. The van der Waals surface area contributed by atoms with Gasteiger partial charge in [-0.25, -0.2) is 0 Å². The summed E-state index contributed by atoms with van der Waals surface area (Å²) in [7, 11) is 0.